The van der Waals surface area contributed by atoms with E-state index in [2.05, 4.69) is 32.7 Å². The zero-order chi connectivity index (χ0) is 19.9. The first-order valence-corrected chi connectivity index (χ1v) is 10.6. The normalized spacial score (nSPS) is 17.3. The fourth-order valence-corrected chi connectivity index (χ4v) is 4.05. The Morgan fingerprint density at radius 2 is 2.04 bits per heavy atom. The molecule has 1 aliphatic heterocycles. The third-order valence-corrected chi connectivity index (χ3v) is 5.90. The minimum atomic E-state index is -0.419. The summed E-state index contributed by atoms with van der Waals surface area (Å²) in [5, 5.41) is 14.0. The molecule has 2 heterocycles. The monoisotopic (exact) mass is 421 g/mol. The Bertz CT molecular complexity index is 828. The van der Waals surface area contributed by atoms with E-state index in [4.69, 9.17) is 11.6 Å². The maximum absolute atomic E-state index is 12.2. The fraction of sp³-hybridized carbons (Fsp3) is 0.474. The molecule has 1 saturated heterocycles. The Morgan fingerprint density at radius 1 is 1.25 bits per heavy atom. The Kier molecular flexibility index (Phi) is 7.36. The van der Waals surface area contributed by atoms with Gasteiger partial charge in [-0.3, -0.25) is 9.59 Å². The quantitative estimate of drug-likeness (QED) is 0.668. The van der Waals surface area contributed by atoms with Gasteiger partial charge in [-0.05, 0) is 50.9 Å². The molecule has 0 saturated carbocycles. The van der Waals surface area contributed by atoms with Gasteiger partial charge in [0.2, 0.25) is 10.0 Å². The molecule has 1 aliphatic rings. The number of carbonyl (C=O) groups is 2. The Morgan fingerprint density at radius 3 is 2.79 bits per heavy atom. The topological polar surface area (TPSA) is 87.2 Å². The molecule has 150 valence electrons. The molecule has 9 heteroatoms. The molecule has 0 unspecified atom stereocenters. The lowest BCUT2D eigenvalue weighted by Crippen LogP contribution is -2.39. The third kappa shape index (κ3) is 5.73. The van der Waals surface area contributed by atoms with E-state index >= 15 is 0 Å². The smallest absolute Gasteiger partial charge is 0.286 e. The van der Waals surface area contributed by atoms with Gasteiger partial charge in [-0.25, -0.2) is 0 Å². The van der Waals surface area contributed by atoms with Gasteiger partial charge in [0.25, 0.3) is 11.8 Å². The number of anilines is 1. The van der Waals surface area contributed by atoms with Crippen LogP contribution in [0.3, 0.4) is 0 Å². The molecule has 0 aliphatic carbocycles. The fourth-order valence-electron chi connectivity index (χ4n) is 3.21. The van der Waals surface area contributed by atoms with Crippen LogP contribution < -0.4 is 10.6 Å². The highest BCUT2D eigenvalue weighted by molar-refractivity contribution is 7.15. The minimum Gasteiger partial charge on any atom is -0.350 e. The van der Waals surface area contributed by atoms with Crippen molar-refractivity contribution in [2.24, 2.45) is 0 Å². The van der Waals surface area contributed by atoms with Crippen molar-refractivity contribution in [3.05, 3.63) is 39.3 Å². The van der Waals surface area contributed by atoms with Gasteiger partial charge in [0, 0.05) is 29.8 Å². The van der Waals surface area contributed by atoms with Crippen LogP contribution in [0.15, 0.2) is 24.3 Å². The van der Waals surface area contributed by atoms with E-state index in [1.54, 1.807) is 24.3 Å². The van der Waals surface area contributed by atoms with Gasteiger partial charge in [0.1, 0.15) is 0 Å². The van der Waals surface area contributed by atoms with Gasteiger partial charge >= 0.3 is 0 Å². The van der Waals surface area contributed by atoms with Crippen molar-refractivity contribution in [2.75, 3.05) is 25.0 Å². The molecule has 0 bridgehead atoms. The zero-order valence-corrected chi connectivity index (χ0v) is 17.4. The number of hydrogen-bond donors (Lipinski definition) is 2. The Hall–Kier alpha value is -2.03. The number of rotatable bonds is 7. The summed E-state index contributed by atoms with van der Waals surface area (Å²) < 4.78 is 0. The predicted molar refractivity (Wildman–Crippen MR) is 111 cm³/mol. The zero-order valence-electron chi connectivity index (χ0n) is 15.8. The molecule has 1 atom stereocenters. The summed E-state index contributed by atoms with van der Waals surface area (Å²) in [6, 6.07) is 7.44. The molecule has 3 rings (SSSR count). The number of hydrogen-bond acceptors (Lipinski definition) is 6. The van der Waals surface area contributed by atoms with Crippen LogP contribution in [0.2, 0.25) is 5.02 Å². The third-order valence-electron chi connectivity index (χ3n) is 4.74. The number of aromatic nitrogens is 2. The van der Waals surface area contributed by atoms with Crippen LogP contribution in [0, 0.1) is 0 Å². The van der Waals surface area contributed by atoms with Gasteiger partial charge in [-0.2, -0.15) is 0 Å². The number of benzene rings is 1. The highest BCUT2D eigenvalue weighted by Gasteiger charge is 2.19. The van der Waals surface area contributed by atoms with Crippen LogP contribution in [0.25, 0.3) is 0 Å². The summed E-state index contributed by atoms with van der Waals surface area (Å²) in [6.07, 6.45) is 4.69. The average molecular weight is 422 g/mol. The van der Waals surface area contributed by atoms with Crippen molar-refractivity contribution < 1.29 is 9.59 Å². The lowest BCUT2D eigenvalue weighted by molar-refractivity contribution is 0.0946. The van der Waals surface area contributed by atoms with Crippen molar-refractivity contribution in [2.45, 2.75) is 38.6 Å². The van der Waals surface area contributed by atoms with Crippen molar-refractivity contribution in [3.8, 4) is 0 Å². The van der Waals surface area contributed by atoms with E-state index in [9.17, 15) is 9.59 Å². The lowest BCUT2D eigenvalue weighted by atomic mass is 10.0. The van der Waals surface area contributed by atoms with E-state index < -0.39 is 5.91 Å². The number of nitrogens with zero attached hydrogens (tertiary/aromatic N) is 3. The van der Waals surface area contributed by atoms with Crippen LogP contribution >= 0.6 is 22.9 Å². The first-order chi connectivity index (χ1) is 13.5. The second kappa shape index (κ2) is 9.95. The predicted octanol–water partition coefficient (Wildman–Crippen LogP) is 3.44. The van der Waals surface area contributed by atoms with Crippen molar-refractivity contribution in [1.82, 2.24) is 20.4 Å². The number of carbonyl (C=O) groups excluding carboxylic acids is 2. The molecule has 2 aromatic rings. The molecule has 0 spiro atoms. The number of piperidine rings is 1. The maximum atomic E-state index is 12.2. The Balaban J connectivity index is 1.45. The van der Waals surface area contributed by atoms with E-state index in [1.165, 1.54) is 19.3 Å². The molecule has 2 amide bonds. The summed E-state index contributed by atoms with van der Waals surface area (Å²) in [5.74, 6) is -0.719. The van der Waals surface area contributed by atoms with Gasteiger partial charge in [0.15, 0.2) is 0 Å². The van der Waals surface area contributed by atoms with Crippen LogP contribution in [-0.4, -0.2) is 52.6 Å². The molecule has 1 aromatic carbocycles. The average Bonchev–Trinajstić information content (AvgIpc) is 3.17. The summed E-state index contributed by atoms with van der Waals surface area (Å²) >= 11 is 6.87. The summed E-state index contributed by atoms with van der Waals surface area (Å²) in [5.41, 5.74) is 0.561. The van der Waals surface area contributed by atoms with Gasteiger partial charge < -0.3 is 15.5 Å². The van der Waals surface area contributed by atoms with Crippen LogP contribution in [0.5, 0.6) is 0 Å². The summed E-state index contributed by atoms with van der Waals surface area (Å²) in [6.45, 7) is 4.95. The molecule has 28 heavy (non-hydrogen) atoms. The molecule has 1 fully saturated rings. The van der Waals surface area contributed by atoms with Crippen molar-refractivity contribution in [1.29, 1.82) is 0 Å². The van der Waals surface area contributed by atoms with Gasteiger partial charge in [0.05, 0.1) is 0 Å². The lowest BCUT2D eigenvalue weighted by Gasteiger charge is -2.33. The number of amides is 2. The van der Waals surface area contributed by atoms with Crippen LogP contribution in [0.1, 0.15) is 52.2 Å². The van der Waals surface area contributed by atoms with Gasteiger partial charge in [-0.1, -0.05) is 35.4 Å². The minimum absolute atomic E-state index is 0.132. The number of halogens is 1. The SMILES string of the molecule is C[C@H]1CCCCN1CCCNC(=O)c1nnc(C(=O)Nc2cccc(Cl)c2)s1. The second-order valence-corrected chi connectivity index (χ2v) is 8.28. The molecule has 1 aromatic heterocycles. The van der Waals surface area contributed by atoms with Crippen molar-refractivity contribution in [3.63, 3.8) is 0 Å². The number of likely N-dealkylation sites (tertiary alicyclic amines) is 1. The number of nitrogens with one attached hydrogen (secondary N) is 2. The van der Waals surface area contributed by atoms with E-state index in [-0.39, 0.29) is 15.9 Å². The molecule has 7 nitrogen and oxygen atoms in total. The highest BCUT2D eigenvalue weighted by atomic mass is 35.5. The van der Waals surface area contributed by atoms with E-state index in [0.29, 0.717) is 23.3 Å². The molecule has 2 N–H and O–H groups in total. The standard InChI is InChI=1S/C19H24ClN5O2S/c1-13-6-2-3-10-25(13)11-5-9-21-16(26)18-23-24-19(28-18)17(27)22-15-8-4-7-14(20)12-15/h4,7-8,12-13H,2-3,5-6,9-11H2,1H3,(H,21,26)(H,22,27)/t13-/m0/s1. The summed E-state index contributed by atoms with van der Waals surface area (Å²) in [7, 11) is 0. The molecular formula is C19H24ClN5O2S. The summed E-state index contributed by atoms with van der Waals surface area (Å²) in [4.78, 5) is 26.9. The largest absolute Gasteiger partial charge is 0.350 e. The molecular weight excluding hydrogens is 398 g/mol. The highest BCUT2D eigenvalue weighted by Crippen LogP contribution is 2.18. The first-order valence-electron chi connectivity index (χ1n) is 9.45. The maximum Gasteiger partial charge on any atom is 0.286 e. The van der Waals surface area contributed by atoms with Crippen LogP contribution in [-0.2, 0) is 0 Å². The molecule has 0 radical (unpaired) electrons. The van der Waals surface area contributed by atoms with E-state index in [1.807, 2.05) is 0 Å². The van der Waals surface area contributed by atoms with Crippen LogP contribution in [0.4, 0.5) is 5.69 Å². The van der Waals surface area contributed by atoms with E-state index in [0.717, 1.165) is 30.8 Å². The van der Waals surface area contributed by atoms with Crippen molar-refractivity contribution >= 4 is 40.4 Å². The second-order valence-electron chi connectivity index (χ2n) is 6.87. The van der Waals surface area contributed by atoms with Gasteiger partial charge in [-0.15, -0.1) is 10.2 Å². The Labute approximate surface area is 173 Å². The first kappa shape index (κ1) is 20.7.